The van der Waals surface area contributed by atoms with Gasteiger partial charge >= 0.3 is 0 Å². The molecule has 1 aliphatic heterocycles. The molecule has 0 fully saturated rings. The van der Waals surface area contributed by atoms with Crippen molar-refractivity contribution < 1.29 is 9.84 Å². The van der Waals surface area contributed by atoms with Crippen LogP contribution in [0.3, 0.4) is 0 Å². The second-order valence-corrected chi connectivity index (χ2v) is 4.56. The highest BCUT2D eigenvalue weighted by Gasteiger charge is 2.23. The second-order valence-electron chi connectivity index (χ2n) is 4.56. The van der Waals surface area contributed by atoms with Gasteiger partial charge in [0.15, 0.2) is 0 Å². The van der Waals surface area contributed by atoms with E-state index in [0.29, 0.717) is 13.2 Å². The van der Waals surface area contributed by atoms with Crippen molar-refractivity contribution in [1.29, 1.82) is 0 Å². The Morgan fingerprint density at radius 1 is 1.44 bits per heavy atom. The van der Waals surface area contributed by atoms with E-state index in [4.69, 9.17) is 4.74 Å². The van der Waals surface area contributed by atoms with E-state index in [1.807, 2.05) is 6.07 Å². The maximum Gasteiger partial charge on any atom is 0.127 e. The summed E-state index contributed by atoms with van der Waals surface area (Å²) in [6.07, 6.45) is 4.08. The molecule has 0 saturated carbocycles. The van der Waals surface area contributed by atoms with Crippen LogP contribution in [-0.2, 0) is 11.2 Å². The number of hydrogen-bond acceptors (Lipinski definition) is 3. The number of hydrogen-bond donors (Lipinski definition) is 1. The molecule has 0 aliphatic carbocycles. The molecule has 3 heteroatoms. The molecule has 1 aliphatic rings. The number of aliphatic hydroxyl groups is 1. The Morgan fingerprint density at radius 3 is 3.11 bits per heavy atom. The van der Waals surface area contributed by atoms with Gasteiger partial charge in [-0.15, -0.1) is 6.58 Å². The van der Waals surface area contributed by atoms with Crippen molar-refractivity contribution in [2.24, 2.45) is 0 Å². The third-order valence-electron chi connectivity index (χ3n) is 3.26. The van der Waals surface area contributed by atoms with E-state index in [2.05, 4.69) is 29.7 Å². The minimum atomic E-state index is -0.362. The summed E-state index contributed by atoms with van der Waals surface area (Å²) in [5.74, 6) is 0. The van der Waals surface area contributed by atoms with Gasteiger partial charge in [-0.25, -0.2) is 0 Å². The van der Waals surface area contributed by atoms with E-state index >= 15 is 0 Å². The van der Waals surface area contributed by atoms with Crippen LogP contribution in [-0.4, -0.2) is 31.1 Å². The Labute approximate surface area is 109 Å². The van der Waals surface area contributed by atoms with Crippen LogP contribution in [0.2, 0.25) is 0 Å². The maximum atomic E-state index is 10.1. The van der Waals surface area contributed by atoms with Crippen LogP contribution in [0.4, 0.5) is 5.69 Å². The highest BCUT2D eigenvalue weighted by atomic mass is 16.5. The molecule has 1 N–H and O–H groups in total. The Balaban J connectivity index is 1.92. The molecule has 0 spiro atoms. The summed E-state index contributed by atoms with van der Waals surface area (Å²) in [6, 6.07) is 8.31. The molecule has 98 valence electrons. The van der Waals surface area contributed by atoms with Gasteiger partial charge in [-0.2, -0.15) is 0 Å². The third-order valence-corrected chi connectivity index (χ3v) is 3.26. The molecule has 1 heterocycles. The number of benzene rings is 1. The summed E-state index contributed by atoms with van der Waals surface area (Å²) < 4.78 is 5.37. The zero-order valence-corrected chi connectivity index (χ0v) is 10.7. The number of fused-ring (bicyclic) bond motifs is 1. The van der Waals surface area contributed by atoms with Crippen molar-refractivity contribution in [2.75, 3.05) is 24.7 Å². The van der Waals surface area contributed by atoms with Gasteiger partial charge in [-0.1, -0.05) is 24.3 Å². The molecule has 18 heavy (non-hydrogen) atoms. The van der Waals surface area contributed by atoms with Crippen molar-refractivity contribution >= 4 is 5.69 Å². The van der Waals surface area contributed by atoms with Crippen LogP contribution >= 0.6 is 0 Å². The van der Waals surface area contributed by atoms with Gasteiger partial charge in [0.1, 0.15) is 6.23 Å². The summed E-state index contributed by atoms with van der Waals surface area (Å²) in [6.45, 7) is 5.75. The Kier molecular flexibility index (Phi) is 4.79. The first-order valence-corrected chi connectivity index (χ1v) is 6.54. The molecule has 1 atom stereocenters. The van der Waals surface area contributed by atoms with E-state index in [0.717, 1.165) is 25.8 Å². The SMILES string of the molecule is C=CCOCCCN1c2ccccc2CCC1O. The van der Waals surface area contributed by atoms with Gasteiger partial charge < -0.3 is 14.7 Å². The van der Waals surface area contributed by atoms with Gasteiger partial charge in [-0.3, -0.25) is 0 Å². The lowest BCUT2D eigenvalue weighted by atomic mass is 10.0. The van der Waals surface area contributed by atoms with Gasteiger partial charge in [0, 0.05) is 18.8 Å². The van der Waals surface area contributed by atoms with Gasteiger partial charge in [0.05, 0.1) is 6.61 Å². The zero-order chi connectivity index (χ0) is 12.8. The molecule has 0 radical (unpaired) electrons. The minimum absolute atomic E-state index is 0.362. The largest absolute Gasteiger partial charge is 0.377 e. The van der Waals surface area contributed by atoms with Crippen molar-refractivity contribution in [2.45, 2.75) is 25.5 Å². The topological polar surface area (TPSA) is 32.7 Å². The van der Waals surface area contributed by atoms with Crippen LogP contribution in [0.25, 0.3) is 0 Å². The fraction of sp³-hybridized carbons (Fsp3) is 0.467. The molecule has 0 bridgehead atoms. The summed E-state index contributed by atoms with van der Waals surface area (Å²) >= 11 is 0. The molecule has 1 aromatic rings. The van der Waals surface area contributed by atoms with Crippen LogP contribution in [0.1, 0.15) is 18.4 Å². The predicted molar refractivity (Wildman–Crippen MR) is 73.7 cm³/mol. The average Bonchev–Trinajstić information content (AvgIpc) is 2.41. The summed E-state index contributed by atoms with van der Waals surface area (Å²) in [5.41, 5.74) is 2.50. The number of rotatable bonds is 6. The molecular weight excluding hydrogens is 226 g/mol. The fourth-order valence-corrected chi connectivity index (χ4v) is 2.38. The Hall–Kier alpha value is -1.32. The molecule has 3 nitrogen and oxygen atoms in total. The molecule has 0 saturated heterocycles. The lowest BCUT2D eigenvalue weighted by molar-refractivity contribution is 0.137. The highest BCUT2D eigenvalue weighted by molar-refractivity contribution is 5.55. The molecule has 0 aromatic heterocycles. The van der Waals surface area contributed by atoms with E-state index in [-0.39, 0.29) is 6.23 Å². The van der Waals surface area contributed by atoms with Crippen molar-refractivity contribution in [3.63, 3.8) is 0 Å². The van der Waals surface area contributed by atoms with Gasteiger partial charge in [0.2, 0.25) is 0 Å². The quantitative estimate of drug-likeness (QED) is 0.618. The standard InChI is InChI=1S/C15H21NO2/c1-2-11-18-12-5-10-16-14-7-4-3-6-13(14)8-9-15(16)17/h2-4,6-7,15,17H,1,5,8-12H2. The fourth-order valence-electron chi connectivity index (χ4n) is 2.38. The summed E-state index contributed by atoms with van der Waals surface area (Å²) in [5, 5.41) is 10.1. The minimum Gasteiger partial charge on any atom is -0.377 e. The van der Waals surface area contributed by atoms with Crippen molar-refractivity contribution in [1.82, 2.24) is 0 Å². The Bertz CT molecular complexity index is 392. The average molecular weight is 247 g/mol. The number of para-hydroxylation sites is 1. The molecule has 1 aromatic carbocycles. The van der Waals surface area contributed by atoms with Crippen molar-refractivity contribution in [3.05, 3.63) is 42.5 Å². The highest BCUT2D eigenvalue weighted by Crippen LogP contribution is 2.29. The van der Waals surface area contributed by atoms with Gasteiger partial charge in [-0.05, 0) is 30.9 Å². The monoisotopic (exact) mass is 247 g/mol. The van der Waals surface area contributed by atoms with Crippen LogP contribution in [0, 0.1) is 0 Å². The summed E-state index contributed by atoms with van der Waals surface area (Å²) in [7, 11) is 0. The number of anilines is 1. The number of aryl methyl sites for hydroxylation is 1. The van der Waals surface area contributed by atoms with Crippen LogP contribution < -0.4 is 4.90 Å². The zero-order valence-electron chi connectivity index (χ0n) is 10.7. The summed E-state index contributed by atoms with van der Waals surface area (Å²) in [4.78, 5) is 2.08. The molecule has 2 rings (SSSR count). The van der Waals surface area contributed by atoms with Crippen LogP contribution in [0.5, 0.6) is 0 Å². The first-order valence-electron chi connectivity index (χ1n) is 6.54. The number of ether oxygens (including phenoxy) is 1. The number of nitrogens with zero attached hydrogens (tertiary/aromatic N) is 1. The molecule has 0 amide bonds. The first kappa shape index (κ1) is 13.1. The van der Waals surface area contributed by atoms with Gasteiger partial charge in [0.25, 0.3) is 0 Å². The van der Waals surface area contributed by atoms with E-state index in [1.165, 1.54) is 11.3 Å². The van der Waals surface area contributed by atoms with E-state index < -0.39 is 0 Å². The second kappa shape index (κ2) is 6.57. The normalized spacial score (nSPS) is 18.5. The third kappa shape index (κ3) is 3.12. The Morgan fingerprint density at radius 2 is 2.28 bits per heavy atom. The first-order chi connectivity index (χ1) is 8.83. The smallest absolute Gasteiger partial charge is 0.127 e. The number of aliphatic hydroxyl groups excluding tert-OH is 1. The van der Waals surface area contributed by atoms with Crippen LogP contribution in [0.15, 0.2) is 36.9 Å². The lowest BCUT2D eigenvalue weighted by Crippen LogP contribution is -2.40. The molecule has 1 unspecified atom stereocenters. The maximum absolute atomic E-state index is 10.1. The van der Waals surface area contributed by atoms with E-state index in [1.54, 1.807) is 6.08 Å². The predicted octanol–water partition coefficient (Wildman–Crippen LogP) is 2.35. The lowest BCUT2D eigenvalue weighted by Gasteiger charge is -2.35. The van der Waals surface area contributed by atoms with E-state index in [9.17, 15) is 5.11 Å². The van der Waals surface area contributed by atoms with Crippen molar-refractivity contribution in [3.8, 4) is 0 Å². The molecular formula is C15H21NO2.